The SMILES string of the molecule is CCCCCCCC(=O)OC1=C(c2ccc(Cl)cc2)C(=O)C2CCC12. The lowest BCUT2D eigenvalue weighted by Gasteiger charge is -2.30. The van der Waals surface area contributed by atoms with Crippen LogP contribution in [0.1, 0.15) is 63.9 Å². The molecule has 0 N–H and O–H groups in total. The van der Waals surface area contributed by atoms with Crippen LogP contribution in [0.2, 0.25) is 5.02 Å². The van der Waals surface area contributed by atoms with Gasteiger partial charge in [-0.15, -0.1) is 0 Å². The van der Waals surface area contributed by atoms with E-state index in [2.05, 4.69) is 6.92 Å². The fourth-order valence-electron chi connectivity index (χ4n) is 3.69. The number of Topliss-reactive ketones (excluding diaryl/α,β-unsaturated/α-hetero) is 1. The van der Waals surface area contributed by atoms with Gasteiger partial charge in [0.1, 0.15) is 5.76 Å². The average molecular weight is 361 g/mol. The Bertz CT molecular complexity index is 675. The van der Waals surface area contributed by atoms with Gasteiger partial charge in [-0.25, -0.2) is 0 Å². The fraction of sp³-hybridized carbons (Fsp3) is 0.524. The van der Waals surface area contributed by atoms with Gasteiger partial charge in [-0.2, -0.15) is 0 Å². The molecule has 1 aromatic carbocycles. The van der Waals surface area contributed by atoms with Crippen molar-refractivity contribution in [2.45, 2.75) is 58.3 Å². The number of fused-ring (bicyclic) bond motifs is 1. The first-order chi connectivity index (χ1) is 12.1. The van der Waals surface area contributed by atoms with Crippen molar-refractivity contribution >= 4 is 28.9 Å². The number of unbranched alkanes of at least 4 members (excludes halogenated alkanes) is 4. The normalized spacial score (nSPS) is 21.9. The van der Waals surface area contributed by atoms with Crippen LogP contribution in [-0.4, -0.2) is 11.8 Å². The summed E-state index contributed by atoms with van der Waals surface area (Å²) in [5.41, 5.74) is 1.39. The molecular weight excluding hydrogens is 336 g/mol. The van der Waals surface area contributed by atoms with Crippen molar-refractivity contribution in [3.05, 3.63) is 40.6 Å². The first-order valence-corrected chi connectivity index (χ1v) is 9.74. The molecule has 1 saturated carbocycles. The number of ketones is 1. The van der Waals surface area contributed by atoms with Crippen LogP contribution >= 0.6 is 11.6 Å². The molecule has 0 radical (unpaired) electrons. The van der Waals surface area contributed by atoms with E-state index in [1.807, 2.05) is 12.1 Å². The highest BCUT2D eigenvalue weighted by molar-refractivity contribution is 6.31. The summed E-state index contributed by atoms with van der Waals surface area (Å²) in [6, 6.07) is 7.20. The van der Waals surface area contributed by atoms with Crippen molar-refractivity contribution in [2.75, 3.05) is 0 Å². The molecule has 0 aromatic heterocycles. The smallest absolute Gasteiger partial charge is 0.310 e. The van der Waals surface area contributed by atoms with Gasteiger partial charge in [0.05, 0.1) is 5.57 Å². The summed E-state index contributed by atoms with van der Waals surface area (Å²) in [5.74, 6) is 0.588. The second kappa shape index (κ2) is 8.18. The second-order valence-corrected chi connectivity index (χ2v) is 7.48. The maximum Gasteiger partial charge on any atom is 0.310 e. The van der Waals surface area contributed by atoms with Crippen molar-refractivity contribution in [2.24, 2.45) is 11.8 Å². The van der Waals surface area contributed by atoms with Crippen LogP contribution in [0, 0.1) is 11.8 Å². The molecule has 3 nitrogen and oxygen atoms in total. The number of hydrogen-bond donors (Lipinski definition) is 0. The third-order valence-electron chi connectivity index (χ3n) is 5.28. The number of ether oxygens (including phenoxy) is 1. The van der Waals surface area contributed by atoms with Crippen LogP contribution in [0.15, 0.2) is 30.0 Å². The Morgan fingerprint density at radius 1 is 1.08 bits per heavy atom. The van der Waals surface area contributed by atoms with Crippen LogP contribution in [0.25, 0.3) is 5.57 Å². The van der Waals surface area contributed by atoms with Gasteiger partial charge in [0, 0.05) is 23.3 Å². The van der Waals surface area contributed by atoms with E-state index in [0.29, 0.717) is 22.8 Å². The summed E-state index contributed by atoms with van der Waals surface area (Å²) in [5, 5.41) is 0.628. The first-order valence-electron chi connectivity index (χ1n) is 9.36. The lowest BCUT2D eigenvalue weighted by Crippen LogP contribution is -2.28. The lowest BCUT2D eigenvalue weighted by molar-refractivity contribution is -0.141. The summed E-state index contributed by atoms with van der Waals surface area (Å²) in [4.78, 5) is 25.0. The van der Waals surface area contributed by atoms with Crippen LogP contribution in [0.5, 0.6) is 0 Å². The molecule has 2 atom stereocenters. The molecule has 0 bridgehead atoms. The Labute approximate surface area is 154 Å². The number of allylic oxidation sites excluding steroid dienone is 2. The number of benzene rings is 1. The van der Waals surface area contributed by atoms with Gasteiger partial charge in [-0.1, -0.05) is 56.3 Å². The minimum Gasteiger partial charge on any atom is -0.430 e. The summed E-state index contributed by atoms with van der Waals surface area (Å²) in [6.07, 6.45) is 7.69. The van der Waals surface area contributed by atoms with Crippen LogP contribution in [0.4, 0.5) is 0 Å². The molecule has 2 unspecified atom stereocenters. The van der Waals surface area contributed by atoms with Crippen LogP contribution in [0.3, 0.4) is 0 Å². The molecule has 25 heavy (non-hydrogen) atoms. The topological polar surface area (TPSA) is 43.4 Å². The molecule has 0 saturated heterocycles. The van der Waals surface area contributed by atoms with Gasteiger partial charge < -0.3 is 4.74 Å². The Hall–Kier alpha value is -1.61. The van der Waals surface area contributed by atoms with E-state index >= 15 is 0 Å². The zero-order valence-electron chi connectivity index (χ0n) is 14.7. The van der Waals surface area contributed by atoms with Crippen molar-refractivity contribution in [3.8, 4) is 0 Å². The highest BCUT2D eigenvalue weighted by atomic mass is 35.5. The van der Waals surface area contributed by atoms with Gasteiger partial charge in [-0.3, -0.25) is 9.59 Å². The number of esters is 1. The highest BCUT2D eigenvalue weighted by Crippen LogP contribution is 2.51. The number of carbonyl (C=O) groups excluding carboxylic acids is 2. The molecule has 2 aliphatic rings. The number of hydrogen-bond acceptors (Lipinski definition) is 3. The third-order valence-corrected chi connectivity index (χ3v) is 5.53. The lowest BCUT2D eigenvalue weighted by atomic mass is 9.75. The molecule has 0 amide bonds. The van der Waals surface area contributed by atoms with E-state index in [1.165, 1.54) is 12.8 Å². The number of halogens is 1. The van der Waals surface area contributed by atoms with Crippen LogP contribution in [-0.2, 0) is 14.3 Å². The minimum atomic E-state index is -0.210. The van der Waals surface area contributed by atoms with Crippen molar-refractivity contribution < 1.29 is 14.3 Å². The van der Waals surface area contributed by atoms with Gasteiger partial charge in [-0.05, 0) is 37.0 Å². The monoisotopic (exact) mass is 360 g/mol. The quantitative estimate of drug-likeness (QED) is 0.450. The molecule has 134 valence electrons. The molecule has 3 rings (SSSR count). The highest BCUT2D eigenvalue weighted by Gasteiger charge is 2.49. The number of rotatable bonds is 8. The second-order valence-electron chi connectivity index (χ2n) is 7.04. The van der Waals surface area contributed by atoms with E-state index in [0.717, 1.165) is 37.7 Å². The molecule has 0 aliphatic heterocycles. The Morgan fingerprint density at radius 2 is 1.76 bits per heavy atom. The zero-order chi connectivity index (χ0) is 17.8. The predicted octanol–water partition coefficient (Wildman–Crippen LogP) is 5.56. The van der Waals surface area contributed by atoms with E-state index in [4.69, 9.17) is 16.3 Å². The predicted molar refractivity (Wildman–Crippen MR) is 99.1 cm³/mol. The summed E-state index contributed by atoms with van der Waals surface area (Å²) in [7, 11) is 0. The Morgan fingerprint density at radius 3 is 2.40 bits per heavy atom. The van der Waals surface area contributed by atoms with Crippen molar-refractivity contribution in [1.29, 1.82) is 0 Å². The number of carbonyl (C=O) groups is 2. The van der Waals surface area contributed by atoms with E-state index in [-0.39, 0.29) is 23.6 Å². The minimum absolute atomic E-state index is 0.00182. The van der Waals surface area contributed by atoms with E-state index in [9.17, 15) is 9.59 Å². The van der Waals surface area contributed by atoms with Gasteiger partial charge in [0.25, 0.3) is 0 Å². The van der Waals surface area contributed by atoms with Crippen molar-refractivity contribution in [3.63, 3.8) is 0 Å². The van der Waals surface area contributed by atoms with Gasteiger partial charge >= 0.3 is 5.97 Å². The molecule has 0 heterocycles. The summed E-state index contributed by atoms with van der Waals surface area (Å²) in [6.45, 7) is 2.17. The third kappa shape index (κ3) is 3.98. The Kier molecular flexibility index (Phi) is 5.95. The van der Waals surface area contributed by atoms with Crippen LogP contribution < -0.4 is 0 Å². The maximum absolute atomic E-state index is 12.7. The van der Waals surface area contributed by atoms with Gasteiger partial charge in [0.2, 0.25) is 0 Å². The zero-order valence-corrected chi connectivity index (χ0v) is 15.5. The summed E-state index contributed by atoms with van der Waals surface area (Å²) >= 11 is 5.95. The standard InChI is InChI=1S/C21H25ClO3/c1-2-3-4-5-6-7-18(23)25-21-17-13-12-16(17)20(24)19(21)14-8-10-15(22)11-9-14/h8-11,16-17H,2-7,12-13H2,1H3. The van der Waals surface area contributed by atoms with E-state index < -0.39 is 0 Å². The summed E-state index contributed by atoms with van der Waals surface area (Å²) < 4.78 is 5.71. The molecule has 1 fully saturated rings. The molecule has 4 heteroatoms. The maximum atomic E-state index is 12.7. The molecule has 1 aromatic rings. The molecule has 0 spiro atoms. The first kappa shape index (κ1) is 18.2. The van der Waals surface area contributed by atoms with E-state index in [1.54, 1.807) is 12.1 Å². The fourth-order valence-corrected chi connectivity index (χ4v) is 3.82. The van der Waals surface area contributed by atoms with Crippen molar-refractivity contribution in [1.82, 2.24) is 0 Å². The largest absolute Gasteiger partial charge is 0.430 e. The average Bonchev–Trinajstić information content (AvgIpc) is 2.73. The molecular formula is C21H25ClO3. The Balaban J connectivity index is 1.70. The van der Waals surface area contributed by atoms with Gasteiger partial charge in [0.15, 0.2) is 5.78 Å². The molecule has 2 aliphatic carbocycles.